The lowest BCUT2D eigenvalue weighted by Crippen LogP contribution is -2.40. The number of aliphatic carboxylic acids is 1. The van der Waals surface area contributed by atoms with Gasteiger partial charge in [-0.2, -0.15) is 0 Å². The molecular weight excluding hydrogens is 308 g/mol. The van der Waals surface area contributed by atoms with Gasteiger partial charge in [0.15, 0.2) is 0 Å². The van der Waals surface area contributed by atoms with Gasteiger partial charge in [-0.3, -0.25) is 14.2 Å². The van der Waals surface area contributed by atoms with Crippen molar-refractivity contribution in [3.63, 3.8) is 0 Å². The summed E-state index contributed by atoms with van der Waals surface area (Å²) in [7, 11) is 0. The van der Waals surface area contributed by atoms with E-state index in [1.807, 2.05) is 26.0 Å². The van der Waals surface area contributed by atoms with Crippen LogP contribution in [0.2, 0.25) is 0 Å². The second kappa shape index (κ2) is 6.07. The molecule has 1 aromatic heterocycles. The molecule has 1 N–H and O–H groups in total. The van der Waals surface area contributed by atoms with Gasteiger partial charge in [-0.15, -0.1) is 10.2 Å². The van der Waals surface area contributed by atoms with Crippen molar-refractivity contribution in [1.82, 2.24) is 19.7 Å². The van der Waals surface area contributed by atoms with Gasteiger partial charge in [-0.1, -0.05) is 13.8 Å². The first-order valence-corrected chi connectivity index (χ1v) is 7.92. The number of likely N-dealkylation sites (tertiary alicyclic amines) is 1. The molecule has 7 heteroatoms. The Bertz CT molecular complexity index is 740. The highest BCUT2D eigenvalue weighted by Gasteiger charge is 2.48. The predicted molar refractivity (Wildman–Crippen MR) is 86.8 cm³/mol. The average Bonchev–Trinajstić information content (AvgIpc) is 3.24. The van der Waals surface area contributed by atoms with Crippen LogP contribution in [-0.2, 0) is 4.79 Å². The van der Waals surface area contributed by atoms with Crippen LogP contribution in [-0.4, -0.2) is 49.7 Å². The number of carboxylic acids is 1. The molecule has 1 aliphatic heterocycles. The lowest BCUT2D eigenvalue weighted by molar-refractivity contribution is -0.150. The molecule has 1 unspecified atom stereocenters. The van der Waals surface area contributed by atoms with Crippen molar-refractivity contribution in [2.24, 2.45) is 11.3 Å². The van der Waals surface area contributed by atoms with E-state index in [-0.39, 0.29) is 18.4 Å². The van der Waals surface area contributed by atoms with Gasteiger partial charge < -0.3 is 10.0 Å². The van der Waals surface area contributed by atoms with Gasteiger partial charge in [0.1, 0.15) is 12.7 Å². The van der Waals surface area contributed by atoms with Gasteiger partial charge in [-0.25, -0.2) is 0 Å². The van der Waals surface area contributed by atoms with Gasteiger partial charge in [0.05, 0.1) is 5.41 Å². The number of carbonyl (C=O) groups is 2. The normalized spacial score (nSPS) is 20.5. The van der Waals surface area contributed by atoms with Crippen molar-refractivity contribution in [2.75, 3.05) is 13.1 Å². The number of carbonyl (C=O) groups excluding carboxylic acids is 1. The Kier molecular flexibility index (Phi) is 4.09. The fraction of sp³-hybridized carbons (Fsp3) is 0.412. The van der Waals surface area contributed by atoms with Crippen molar-refractivity contribution < 1.29 is 14.7 Å². The van der Waals surface area contributed by atoms with Crippen LogP contribution in [0.5, 0.6) is 0 Å². The Hall–Kier alpha value is -2.70. The third-order valence-corrected chi connectivity index (χ3v) is 4.95. The molecule has 1 saturated heterocycles. The van der Waals surface area contributed by atoms with Crippen LogP contribution in [0.3, 0.4) is 0 Å². The summed E-state index contributed by atoms with van der Waals surface area (Å²) in [5, 5.41) is 17.1. The molecule has 0 saturated carbocycles. The van der Waals surface area contributed by atoms with Crippen molar-refractivity contribution >= 4 is 11.9 Å². The first-order valence-electron chi connectivity index (χ1n) is 7.92. The summed E-state index contributed by atoms with van der Waals surface area (Å²) in [5.74, 6) is -0.978. The summed E-state index contributed by atoms with van der Waals surface area (Å²) in [6.45, 7) is 4.52. The first kappa shape index (κ1) is 16.2. The molecule has 3 rings (SSSR count). The summed E-state index contributed by atoms with van der Waals surface area (Å²) in [6.07, 6.45) is 3.66. The van der Waals surface area contributed by atoms with E-state index in [0.717, 1.165) is 5.69 Å². The minimum atomic E-state index is -0.849. The molecule has 24 heavy (non-hydrogen) atoms. The van der Waals surface area contributed by atoms with Crippen LogP contribution in [0.25, 0.3) is 5.69 Å². The van der Waals surface area contributed by atoms with Crippen LogP contribution < -0.4 is 0 Å². The van der Waals surface area contributed by atoms with Crippen LogP contribution in [0.15, 0.2) is 36.9 Å². The number of hydrogen-bond donors (Lipinski definition) is 1. The highest BCUT2D eigenvalue weighted by Crippen LogP contribution is 2.38. The van der Waals surface area contributed by atoms with E-state index in [9.17, 15) is 14.7 Å². The van der Waals surface area contributed by atoms with E-state index in [2.05, 4.69) is 10.2 Å². The maximum absolute atomic E-state index is 12.7. The molecule has 0 bridgehead atoms. The molecule has 1 aliphatic rings. The van der Waals surface area contributed by atoms with Gasteiger partial charge in [0, 0.05) is 24.3 Å². The monoisotopic (exact) mass is 328 g/mol. The first-order chi connectivity index (χ1) is 11.4. The zero-order chi connectivity index (χ0) is 17.3. The van der Waals surface area contributed by atoms with E-state index >= 15 is 0 Å². The Morgan fingerprint density at radius 2 is 1.79 bits per heavy atom. The summed E-state index contributed by atoms with van der Waals surface area (Å²) in [6, 6.07) is 7.13. The highest BCUT2D eigenvalue weighted by molar-refractivity contribution is 5.95. The van der Waals surface area contributed by atoms with Crippen LogP contribution in [0.1, 0.15) is 30.6 Å². The van der Waals surface area contributed by atoms with Gasteiger partial charge in [0.25, 0.3) is 5.91 Å². The molecule has 0 aliphatic carbocycles. The molecule has 2 heterocycles. The molecule has 0 spiro atoms. The van der Waals surface area contributed by atoms with E-state index in [0.29, 0.717) is 18.5 Å². The van der Waals surface area contributed by atoms with Crippen molar-refractivity contribution in [3.05, 3.63) is 42.5 Å². The minimum absolute atomic E-state index is 0.0242. The topological polar surface area (TPSA) is 88.3 Å². The Morgan fingerprint density at radius 3 is 2.29 bits per heavy atom. The Labute approximate surface area is 139 Å². The summed E-state index contributed by atoms with van der Waals surface area (Å²) < 4.78 is 1.75. The number of amides is 1. The van der Waals surface area contributed by atoms with Crippen LogP contribution in [0.4, 0.5) is 0 Å². The molecule has 126 valence electrons. The summed E-state index contributed by atoms with van der Waals surface area (Å²) >= 11 is 0. The van der Waals surface area contributed by atoms with Crippen LogP contribution in [0, 0.1) is 11.3 Å². The molecule has 0 radical (unpaired) electrons. The maximum atomic E-state index is 12.7. The van der Waals surface area contributed by atoms with Crippen LogP contribution >= 0.6 is 0 Å². The standard InChI is InChI=1S/C17H20N4O3/c1-12(2)17(16(23)24)7-8-20(9-17)15(22)13-3-5-14(6-4-13)21-10-18-19-11-21/h3-6,10-12H,7-9H2,1-2H3,(H,23,24). The zero-order valence-electron chi connectivity index (χ0n) is 13.7. The zero-order valence-corrected chi connectivity index (χ0v) is 13.7. The average molecular weight is 328 g/mol. The fourth-order valence-corrected chi connectivity index (χ4v) is 3.19. The number of aromatic nitrogens is 3. The van der Waals surface area contributed by atoms with Crippen molar-refractivity contribution in [3.8, 4) is 5.69 Å². The van der Waals surface area contributed by atoms with E-state index in [1.165, 1.54) is 0 Å². The third-order valence-electron chi connectivity index (χ3n) is 4.95. The molecule has 1 fully saturated rings. The predicted octanol–water partition coefficient (Wildman–Crippen LogP) is 1.84. The highest BCUT2D eigenvalue weighted by atomic mass is 16.4. The Morgan fingerprint density at radius 1 is 1.17 bits per heavy atom. The molecule has 1 aromatic carbocycles. The van der Waals surface area contributed by atoms with Crippen molar-refractivity contribution in [2.45, 2.75) is 20.3 Å². The molecule has 1 atom stereocenters. The van der Waals surface area contributed by atoms with E-state index in [1.54, 1.807) is 34.3 Å². The lowest BCUT2D eigenvalue weighted by Gasteiger charge is -2.28. The van der Waals surface area contributed by atoms with Crippen molar-refractivity contribution in [1.29, 1.82) is 0 Å². The fourth-order valence-electron chi connectivity index (χ4n) is 3.19. The number of nitrogens with zero attached hydrogens (tertiary/aromatic N) is 4. The van der Waals surface area contributed by atoms with E-state index < -0.39 is 11.4 Å². The summed E-state index contributed by atoms with van der Waals surface area (Å²) in [4.78, 5) is 26.0. The number of hydrogen-bond acceptors (Lipinski definition) is 4. The second-order valence-corrected chi connectivity index (χ2v) is 6.51. The van der Waals surface area contributed by atoms with E-state index in [4.69, 9.17) is 0 Å². The molecule has 1 amide bonds. The smallest absolute Gasteiger partial charge is 0.311 e. The van der Waals surface area contributed by atoms with Gasteiger partial charge >= 0.3 is 5.97 Å². The van der Waals surface area contributed by atoms with Gasteiger partial charge in [0.2, 0.25) is 0 Å². The molecule has 7 nitrogen and oxygen atoms in total. The quantitative estimate of drug-likeness (QED) is 0.925. The SMILES string of the molecule is CC(C)C1(C(=O)O)CCN(C(=O)c2ccc(-n3cnnc3)cc2)C1. The minimum Gasteiger partial charge on any atom is -0.481 e. The summed E-state index contributed by atoms with van der Waals surface area (Å²) in [5.41, 5.74) is 0.565. The number of rotatable bonds is 4. The number of carboxylic acid groups (broad SMARTS) is 1. The maximum Gasteiger partial charge on any atom is 0.311 e. The largest absolute Gasteiger partial charge is 0.481 e. The Balaban J connectivity index is 1.77. The third kappa shape index (κ3) is 2.66. The lowest BCUT2D eigenvalue weighted by atomic mass is 9.76. The molecule has 2 aromatic rings. The number of benzene rings is 1. The molecular formula is C17H20N4O3. The second-order valence-electron chi connectivity index (χ2n) is 6.51. The van der Waals surface area contributed by atoms with Gasteiger partial charge in [-0.05, 0) is 36.6 Å².